The molecule has 1 heterocycles. The molecule has 0 aliphatic carbocycles. The Balaban J connectivity index is 2.00. The minimum absolute atomic E-state index is 0.273. The van der Waals surface area contributed by atoms with E-state index in [1.54, 1.807) is 0 Å². The van der Waals surface area contributed by atoms with Crippen LogP contribution < -0.4 is 0 Å². The van der Waals surface area contributed by atoms with Crippen LogP contribution in [0.3, 0.4) is 0 Å². The topological polar surface area (TPSA) is 45.4 Å². The van der Waals surface area contributed by atoms with Gasteiger partial charge in [0.2, 0.25) is 5.90 Å². The minimum Gasteiger partial charge on any atom is -0.477 e. The van der Waals surface area contributed by atoms with Crippen molar-refractivity contribution in [3.8, 4) is 6.07 Å². The number of ether oxygens (including phenoxy) is 1. The van der Waals surface area contributed by atoms with E-state index in [0.29, 0.717) is 25.3 Å². The Morgan fingerprint density at radius 3 is 1.88 bits per heavy atom. The van der Waals surface area contributed by atoms with Gasteiger partial charge in [0, 0.05) is 12.8 Å². The van der Waals surface area contributed by atoms with E-state index in [1.807, 2.05) is 50.2 Å². The lowest BCUT2D eigenvalue weighted by Gasteiger charge is -2.26. The summed E-state index contributed by atoms with van der Waals surface area (Å²) in [5.74, 6) is 0.572. The maximum atomic E-state index is 10.1. The summed E-state index contributed by atoms with van der Waals surface area (Å²) >= 11 is 0. The van der Waals surface area contributed by atoms with Crippen molar-refractivity contribution in [3.05, 3.63) is 71.8 Å². The van der Waals surface area contributed by atoms with Gasteiger partial charge < -0.3 is 4.74 Å². The standard InChI is InChI=1S/C21H22N2O/c1-20(2)16-24-19(23-20)21(15-22,13-17-9-5-3-6-10-17)14-18-11-7-4-8-12-18/h3-12H,13-14,16H2,1-2H3. The van der Waals surface area contributed by atoms with E-state index in [4.69, 9.17) is 9.73 Å². The average molecular weight is 318 g/mol. The van der Waals surface area contributed by atoms with Crippen molar-refractivity contribution < 1.29 is 4.74 Å². The Labute approximate surface area is 143 Å². The van der Waals surface area contributed by atoms with Crippen molar-refractivity contribution in [3.63, 3.8) is 0 Å². The summed E-state index contributed by atoms with van der Waals surface area (Å²) in [6.45, 7) is 4.59. The first-order valence-electron chi connectivity index (χ1n) is 8.25. The van der Waals surface area contributed by atoms with E-state index in [2.05, 4.69) is 30.3 Å². The summed E-state index contributed by atoms with van der Waals surface area (Å²) in [6, 6.07) is 22.7. The monoisotopic (exact) mass is 318 g/mol. The van der Waals surface area contributed by atoms with Gasteiger partial charge in [0.05, 0.1) is 11.6 Å². The van der Waals surface area contributed by atoms with Crippen LogP contribution in [0.5, 0.6) is 0 Å². The first-order chi connectivity index (χ1) is 11.5. The number of nitrogens with zero attached hydrogens (tertiary/aromatic N) is 2. The largest absolute Gasteiger partial charge is 0.477 e. The molecule has 3 heteroatoms. The molecule has 0 amide bonds. The van der Waals surface area contributed by atoms with Gasteiger partial charge in [-0.25, -0.2) is 4.99 Å². The fourth-order valence-corrected chi connectivity index (χ4v) is 3.06. The molecule has 0 bridgehead atoms. The number of benzene rings is 2. The Morgan fingerprint density at radius 2 is 1.50 bits per heavy atom. The number of hydrogen-bond donors (Lipinski definition) is 0. The lowest BCUT2D eigenvalue weighted by atomic mass is 9.77. The lowest BCUT2D eigenvalue weighted by Crippen LogP contribution is -2.35. The second kappa shape index (κ2) is 6.49. The van der Waals surface area contributed by atoms with E-state index < -0.39 is 5.41 Å². The highest BCUT2D eigenvalue weighted by atomic mass is 16.5. The normalized spacial score (nSPS) is 16.1. The van der Waals surface area contributed by atoms with Gasteiger partial charge in [-0.05, 0) is 25.0 Å². The molecule has 24 heavy (non-hydrogen) atoms. The van der Waals surface area contributed by atoms with Crippen LogP contribution in [0.25, 0.3) is 0 Å². The first-order valence-corrected chi connectivity index (χ1v) is 8.25. The van der Waals surface area contributed by atoms with Crippen LogP contribution >= 0.6 is 0 Å². The molecule has 3 nitrogen and oxygen atoms in total. The molecule has 0 saturated carbocycles. The summed E-state index contributed by atoms with van der Waals surface area (Å²) in [5.41, 5.74) is 1.18. The van der Waals surface area contributed by atoms with Crippen LogP contribution in [0, 0.1) is 16.7 Å². The molecule has 0 radical (unpaired) electrons. The Morgan fingerprint density at radius 1 is 1.00 bits per heavy atom. The average Bonchev–Trinajstić information content (AvgIpc) is 2.96. The summed E-state index contributed by atoms with van der Waals surface area (Å²) in [6.07, 6.45) is 1.18. The van der Waals surface area contributed by atoms with E-state index >= 15 is 0 Å². The molecule has 2 aromatic rings. The Bertz CT molecular complexity index is 716. The van der Waals surface area contributed by atoms with E-state index in [0.717, 1.165) is 11.1 Å². The zero-order chi connectivity index (χ0) is 17.0. The first kappa shape index (κ1) is 16.3. The molecule has 0 aromatic heterocycles. The summed E-state index contributed by atoms with van der Waals surface area (Å²) in [7, 11) is 0. The highest BCUT2D eigenvalue weighted by Gasteiger charge is 2.43. The highest BCUT2D eigenvalue weighted by molar-refractivity contribution is 5.88. The van der Waals surface area contributed by atoms with Crippen LogP contribution in [0.1, 0.15) is 25.0 Å². The molecular formula is C21H22N2O. The van der Waals surface area contributed by atoms with Crippen molar-refractivity contribution in [1.29, 1.82) is 5.26 Å². The zero-order valence-electron chi connectivity index (χ0n) is 14.2. The van der Waals surface area contributed by atoms with Gasteiger partial charge in [-0.2, -0.15) is 5.26 Å². The predicted molar refractivity (Wildman–Crippen MR) is 95.8 cm³/mol. The Kier molecular flexibility index (Phi) is 4.40. The van der Waals surface area contributed by atoms with Gasteiger partial charge in [-0.1, -0.05) is 60.7 Å². The third-order valence-corrected chi connectivity index (χ3v) is 4.29. The Hall–Kier alpha value is -2.60. The van der Waals surface area contributed by atoms with Crippen LogP contribution in [0.15, 0.2) is 65.7 Å². The predicted octanol–water partition coefficient (Wildman–Crippen LogP) is 4.19. The van der Waals surface area contributed by atoms with Crippen molar-refractivity contribution in [2.24, 2.45) is 10.4 Å². The van der Waals surface area contributed by atoms with Gasteiger partial charge in [0.15, 0.2) is 0 Å². The highest BCUT2D eigenvalue weighted by Crippen LogP contribution is 2.34. The quantitative estimate of drug-likeness (QED) is 0.830. The molecule has 0 fully saturated rings. The van der Waals surface area contributed by atoms with Crippen LogP contribution in [-0.4, -0.2) is 18.0 Å². The number of rotatable bonds is 5. The molecule has 1 aliphatic rings. The summed E-state index contributed by atoms with van der Waals surface area (Å²) in [5, 5.41) is 10.1. The molecule has 0 spiro atoms. The molecule has 2 aromatic carbocycles. The minimum atomic E-state index is -0.781. The van der Waals surface area contributed by atoms with E-state index in [9.17, 15) is 5.26 Å². The maximum Gasteiger partial charge on any atom is 0.205 e. The zero-order valence-corrected chi connectivity index (χ0v) is 14.2. The summed E-state index contributed by atoms with van der Waals surface area (Å²) < 4.78 is 5.90. The number of hydrogen-bond acceptors (Lipinski definition) is 3. The SMILES string of the molecule is CC1(C)COC(C(C#N)(Cc2ccccc2)Cc2ccccc2)=N1. The van der Waals surface area contributed by atoms with Gasteiger partial charge >= 0.3 is 0 Å². The van der Waals surface area contributed by atoms with Gasteiger partial charge in [-0.3, -0.25) is 0 Å². The second-order valence-electron chi connectivity index (χ2n) is 7.04. The lowest BCUT2D eigenvalue weighted by molar-refractivity contribution is 0.253. The molecule has 0 N–H and O–H groups in total. The molecule has 0 atom stereocenters. The van der Waals surface area contributed by atoms with Crippen LogP contribution in [0.4, 0.5) is 0 Å². The fourth-order valence-electron chi connectivity index (χ4n) is 3.06. The van der Waals surface area contributed by atoms with E-state index in [-0.39, 0.29) is 5.54 Å². The number of nitriles is 1. The maximum absolute atomic E-state index is 10.1. The van der Waals surface area contributed by atoms with Gasteiger partial charge in [0.25, 0.3) is 0 Å². The fraction of sp³-hybridized carbons (Fsp3) is 0.333. The van der Waals surface area contributed by atoms with Crippen LogP contribution in [0.2, 0.25) is 0 Å². The molecular weight excluding hydrogens is 296 g/mol. The van der Waals surface area contributed by atoms with Crippen molar-refractivity contribution >= 4 is 5.90 Å². The second-order valence-corrected chi connectivity index (χ2v) is 7.04. The third-order valence-electron chi connectivity index (χ3n) is 4.29. The molecule has 0 saturated heterocycles. The van der Waals surface area contributed by atoms with Crippen molar-refractivity contribution in [1.82, 2.24) is 0 Å². The molecule has 0 unspecified atom stereocenters. The van der Waals surface area contributed by atoms with E-state index in [1.165, 1.54) is 0 Å². The third kappa shape index (κ3) is 3.49. The van der Waals surface area contributed by atoms with Crippen molar-refractivity contribution in [2.45, 2.75) is 32.2 Å². The van der Waals surface area contributed by atoms with Crippen LogP contribution in [-0.2, 0) is 17.6 Å². The van der Waals surface area contributed by atoms with Gasteiger partial charge in [0.1, 0.15) is 12.0 Å². The van der Waals surface area contributed by atoms with Crippen molar-refractivity contribution in [2.75, 3.05) is 6.61 Å². The smallest absolute Gasteiger partial charge is 0.205 e. The molecule has 1 aliphatic heterocycles. The molecule has 122 valence electrons. The molecule has 3 rings (SSSR count). The summed E-state index contributed by atoms with van der Waals surface area (Å²) in [4.78, 5) is 4.73. The number of aliphatic imine (C=N–C) groups is 1. The van der Waals surface area contributed by atoms with Gasteiger partial charge in [-0.15, -0.1) is 0 Å².